The lowest BCUT2D eigenvalue weighted by Gasteiger charge is -2.03. The highest BCUT2D eigenvalue weighted by Gasteiger charge is 2.00. The van der Waals surface area contributed by atoms with Gasteiger partial charge >= 0.3 is 0 Å². The van der Waals surface area contributed by atoms with E-state index in [2.05, 4.69) is 10.0 Å². The molecule has 0 aliphatic carbocycles. The Hall–Kier alpha value is -1.38. The van der Waals surface area contributed by atoms with Crippen molar-refractivity contribution >= 4 is 11.6 Å². The molecule has 1 rings (SSSR count). The number of methoxy groups -OCH3 is 1. The molecule has 13 heavy (non-hydrogen) atoms. The van der Waals surface area contributed by atoms with Gasteiger partial charge in [0.2, 0.25) is 0 Å². The van der Waals surface area contributed by atoms with Crippen LogP contribution in [0.1, 0.15) is 5.56 Å². The zero-order chi connectivity index (χ0) is 9.68. The van der Waals surface area contributed by atoms with E-state index in [0.29, 0.717) is 17.3 Å². The highest BCUT2D eigenvalue weighted by molar-refractivity contribution is 6.32. The van der Waals surface area contributed by atoms with Crippen LogP contribution >= 0.6 is 11.6 Å². The minimum Gasteiger partial charge on any atom is -0.495 e. The van der Waals surface area contributed by atoms with Crippen molar-refractivity contribution < 1.29 is 4.74 Å². The summed E-state index contributed by atoms with van der Waals surface area (Å²) in [6, 6.07) is 5.26. The fraction of sp³-hybridized carbons (Fsp3) is 0.250. The highest BCUT2D eigenvalue weighted by atomic mass is 35.5. The van der Waals surface area contributed by atoms with Crippen LogP contribution in [0, 0.1) is 0 Å². The molecule has 68 valence electrons. The third-order valence-corrected chi connectivity index (χ3v) is 1.83. The van der Waals surface area contributed by atoms with Gasteiger partial charge in [-0.2, -0.15) is 0 Å². The Bertz CT molecular complexity index is 347. The second-order valence-electron chi connectivity index (χ2n) is 2.36. The molecule has 4 nitrogen and oxygen atoms in total. The monoisotopic (exact) mass is 197 g/mol. The zero-order valence-electron chi connectivity index (χ0n) is 7.07. The molecule has 0 unspecified atom stereocenters. The Morgan fingerprint density at radius 2 is 2.38 bits per heavy atom. The Kier molecular flexibility index (Phi) is 3.43. The Balaban J connectivity index is 2.88. The lowest BCUT2D eigenvalue weighted by Crippen LogP contribution is -1.86. The van der Waals surface area contributed by atoms with E-state index in [4.69, 9.17) is 21.9 Å². The number of ether oxygens (including phenoxy) is 1. The molecule has 0 aliphatic heterocycles. The summed E-state index contributed by atoms with van der Waals surface area (Å²) in [4.78, 5) is 2.65. The summed E-state index contributed by atoms with van der Waals surface area (Å²) >= 11 is 5.85. The molecule has 1 aromatic carbocycles. The minimum absolute atomic E-state index is 0.306. The number of rotatable bonds is 3. The molecule has 0 heterocycles. The minimum atomic E-state index is 0.306. The number of halogens is 1. The molecule has 0 aliphatic rings. The molecule has 0 aromatic heterocycles. The number of nitrogens with zero attached hydrogens (tertiary/aromatic N) is 3. The summed E-state index contributed by atoms with van der Waals surface area (Å²) in [5, 5.41) is 3.94. The Morgan fingerprint density at radius 3 is 2.92 bits per heavy atom. The van der Waals surface area contributed by atoms with Crippen molar-refractivity contribution in [2.75, 3.05) is 7.11 Å². The number of hydrogen-bond donors (Lipinski definition) is 0. The van der Waals surface area contributed by atoms with Crippen LogP contribution < -0.4 is 4.74 Å². The normalized spacial score (nSPS) is 9.08. The summed E-state index contributed by atoms with van der Waals surface area (Å²) in [6.45, 7) is 0.306. The first-order valence-corrected chi connectivity index (χ1v) is 3.99. The van der Waals surface area contributed by atoms with E-state index >= 15 is 0 Å². The van der Waals surface area contributed by atoms with Crippen molar-refractivity contribution in [1.82, 2.24) is 0 Å². The Morgan fingerprint density at radius 1 is 1.62 bits per heavy atom. The summed E-state index contributed by atoms with van der Waals surface area (Å²) in [5.74, 6) is 0.617. The molecular formula is C8H8ClN3O. The molecule has 1 aromatic rings. The summed E-state index contributed by atoms with van der Waals surface area (Å²) < 4.78 is 4.97. The predicted molar refractivity (Wildman–Crippen MR) is 50.9 cm³/mol. The van der Waals surface area contributed by atoms with E-state index in [1.54, 1.807) is 25.3 Å². The number of hydrogen-bond acceptors (Lipinski definition) is 2. The molecule has 0 saturated carbocycles. The van der Waals surface area contributed by atoms with Gasteiger partial charge in [-0.15, -0.1) is 0 Å². The van der Waals surface area contributed by atoms with Gasteiger partial charge in [-0.1, -0.05) is 22.8 Å². The van der Waals surface area contributed by atoms with Crippen molar-refractivity contribution in [2.45, 2.75) is 6.54 Å². The van der Waals surface area contributed by atoms with Crippen molar-refractivity contribution in [1.29, 1.82) is 0 Å². The highest BCUT2D eigenvalue weighted by Crippen LogP contribution is 2.25. The average Bonchev–Trinajstić information content (AvgIpc) is 2.15. The van der Waals surface area contributed by atoms with Crippen LogP contribution in [0.4, 0.5) is 0 Å². The third-order valence-electron chi connectivity index (χ3n) is 1.53. The molecule has 0 radical (unpaired) electrons. The van der Waals surface area contributed by atoms with Gasteiger partial charge in [0.1, 0.15) is 5.75 Å². The van der Waals surface area contributed by atoms with Gasteiger partial charge in [0, 0.05) is 4.91 Å². The molecule has 0 atom stereocenters. The van der Waals surface area contributed by atoms with Crippen LogP contribution in [0.2, 0.25) is 5.02 Å². The lowest BCUT2D eigenvalue weighted by atomic mass is 10.2. The number of azide groups is 1. The maximum Gasteiger partial charge on any atom is 0.137 e. The fourth-order valence-corrected chi connectivity index (χ4v) is 1.20. The molecule has 0 amide bonds. The summed E-state index contributed by atoms with van der Waals surface area (Å²) in [7, 11) is 1.55. The first-order valence-electron chi connectivity index (χ1n) is 3.61. The van der Waals surface area contributed by atoms with Crippen LogP contribution in [0.25, 0.3) is 10.4 Å². The smallest absolute Gasteiger partial charge is 0.137 e. The van der Waals surface area contributed by atoms with Gasteiger partial charge in [0.05, 0.1) is 18.7 Å². The van der Waals surface area contributed by atoms with E-state index < -0.39 is 0 Å². The van der Waals surface area contributed by atoms with Gasteiger partial charge in [-0.3, -0.25) is 0 Å². The quantitative estimate of drug-likeness (QED) is 0.417. The van der Waals surface area contributed by atoms with Gasteiger partial charge < -0.3 is 4.74 Å². The number of benzene rings is 1. The largest absolute Gasteiger partial charge is 0.495 e. The van der Waals surface area contributed by atoms with Crippen LogP contribution in [0.15, 0.2) is 23.3 Å². The Labute approximate surface area is 80.7 Å². The molecular weight excluding hydrogens is 190 g/mol. The first kappa shape index (κ1) is 9.71. The van der Waals surface area contributed by atoms with Gasteiger partial charge in [-0.25, -0.2) is 0 Å². The van der Waals surface area contributed by atoms with E-state index in [9.17, 15) is 0 Å². The first-order chi connectivity index (χ1) is 6.27. The summed E-state index contributed by atoms with van der Waals surface area (Å²) in [6.07, 6.45) is 0. The zero-order valence-corrected chi connectivity index (χ0v) is 7.82. The van der Waals surface area contributed by atoms with Crippen LogP contribution in [-0.4, -0.2) is 7.11 Å². The van der Waals surface area contributed by atoms with Gasteiger partial charge in [0.15, 0.2) is 0 Å². The van der Waals surface area contributed by atoms with Gasteiger partial charge in [-0.05, 0) is 23.2 Å². The van der Waals surface area contributed by atoms with Crippen LogP contribution in [-0.2, 0) is 6.54 Å². The van der Waals surface area contributed by atoms with E-state index in [1.807, 2.05) is 0 Å². The van der Waals surface area contributed by atoms with Crippen molar-refractivity contribution in [2.24, 2.45) is 5.11 Å². The van der Waals surface area contributed by atoms with Crippen LogP contribution in [0.3, 0.4) is 0 Å². The predicted octanol–water partition coefficient (Wildman–Crippen LogP) is 3.16. The maximum atomic E-state index is 8.10. The van der Waals surface area contributed by atoms with Crippen LogP contribution in [0.5, 0.6) is 5.75 Å². The second kappa shape index (κ2) is 4.60. The topological polar surface area (TPSA) is 58.0 Å². The lowest BCUT2D eigenvalue weighted by molar-refractivity contribution is 0.415. The average molecular weight is 198 g/mol. The van der Waals surface area contributed by atoms with Crippen molar-refractivity contribution in [3.8, 4) is 5.75 Å². The van der Waals surface area contributed by atoms with E-state index in [0.717, 1.165) is 5.56 Å². The molecule has 0 saturated heterocycles. The molecule has 0 N–H and O–H groups in total. The summed E-state index contributed by atoms with van der Waals surface area (Å²) in [5.41, 5.74) is 8.96. The van der Waals surface area contributed by atoms with Gasteiger partial charge in [0.25, 0.3) is 0 Å². The standard InChI is InChI=1S/C8H8ClN3O/c1-13-8-3-2-6(4-7(8)9)5-11-12-10/h2-4H,5H2,1H3. The van der Waals surface area contributed by atoms with Crippen molar-refractivity contribution in [3.63, 3.8) is 0 Å². The molecule has 0 spiro atoms. The fourth-order valence-electron chi connectivity index (χ4n) is 0.922. The third kappa shape index (κ3) is 2.54. The van der Waals surface area contributed by atoms with E-state index in [-0.39, 0.29) is 0 Å². The second-order valence-corrected chi connectivity index (χ2v) is 2.77. The molecule has 0 fully saturated rings. The molecule has 0 bridgehead atoms. The molecule has 5 heteroatoms. The van der Waals surface area contributed by atoms with E-state index in [1.165, 1.54) is 0 Å². The maximum absolute atomic E-state index is 8.10. The SMILES string of the molecule is COc1ccc(CN=[N+]=[N-])cc1Cl. The van der Waals surface area contributed by atoms with Crippen molar-refractivity contribution in [3.05, 3.63) is 39.2 Å².